The SMILES string of the molecule is CCC(C)C(C)C(=O)NC(CCC(=O)O)Cc1ccccc1. The molecule has 1 aromatic rings. The third-order valence-corrected chi connectivity index (χ3v) is 4.29. The summed E-state index contributed by atoms with van der Waals surface area (Å²) >= 11 is 0. The Kier molecular flexibility index (Phi) is 7.64. The number of rotatable bonds is 9. The lowest BCUT2D eigenvalue weighted by Gasteiger charge is -2.23. The molecule has 0 heterocycles. The fourth-order valence-electron chi connectivity index (χ4n) is 2.37. The molecule has 4 heteroatoms. The van der Waals surface area contributed by atoms with Crippen LogP contribution < -0.4 is 5.32 Å². The zero-order valence-electron chi connectivity index (χ0n) is 13.7. The first kappa shape index (κ1) is 18.2. The van der Waals surface area contributed by atoms with Crippen LogP contribution in [0.1, 0.15) is 45.6 Å². The molecule has 0 saturated carbocycles. The van der Waals surface area contributed by atoms with Crippen molar-refractivity contribution >= 4 is 11.9 Å². The Labute approximate surface area is 132 Å². The number of amides is 1. The molecule has 0 spiro atoms. The number of carboxylic acid groups (broad SMARTS) is 1. The van der Waals surface area contributed by atoms with Gasteiger partial charge in [0.1, 0.15) is 0 Å². The molecule has 22 heavy (non-hydrogen) atoms. The Morgan fingerprint density at radius 3 is 2.36 bits per heavy atom. The Hall–Kier alpha value is -1.84. The summed E-state index contributed by atoms with van der Waals surface area (Å²) in [6.45, 7) is 6.06. The summed E-state index contributed by atoms with van der Waals surface area (Å²) in [7, 11) is 0. The molecular formula is C18H27NO3. The second-order valence-electron chi connectivity index (χ2n) is 6.00. The van der Waals surface area contributed by atoms with Gasteiger partial charge in [0.2, 0.25) is 5.91 Å². The molecule has 122 valence electrons. The van der Waals surface area contributed by atoms with Crippen LogP contribution in [0.2, 0.25) is 0 Å². The third kappa shape index (κ3) is 6.29. The van der Waals surface area contributed by atoms with Crippen LogP contribution >= 0.6 is 0 Å². The van der Waals surface area contributed by atoms with Gasteiger partial charge in [0.15, 0.2) is 0 Å². The minimum absolute atomic E-state index is 0.0145. The molecule has 2 N–H and O–H groups in total. The van der Waals surface area contributed by atoms with E-state index in [2.05, 4.69) is 19.2 Å². The topological polar surface area (TPSA) is 66.4 Å². The Balaban J connectivity index is 2.68. The number of hydrogen-bond acceptors (Lipinski definition) is 2. The predicted octanol–water partition coefficient (Wildman–Crippen LogP) is 3.26. The van der Waals surface area contributed by atoms with Gasteiger partial charge in [0.05, 0.1) is 0 Å². The van der Waals surface area contributed by atoms with Gasteiger partial charge in [-0.25, -0.2) is 0 Å². The molecule has 0 bridgehead atoms. The van der Waals surface area contributed by atoms with E-state index < -0.39 is 5.97 Å². The Morgan fingerprint density at radius 1 is 1.18 bits per heavy atom. The zero-order valence-corrected chi connectivity index (χ0v) is 13.7. The smallest absolute Gasteiger partial charge is 0.303 e. The van der Waals surface area contributed by atoms with Crippen molar-refractivity contribution in [3.8, 4) is 0 Å². The second-order valence-corrected chi connectivity index (χ2v) is 6.00. The van der Waals surface area contributed by atoms with Crippen LogP contribution in [0.5, 0.6) is 0 Å². The standard InChI is InChI=1S/C18H27NO3/c1-4-13(2)14(3)18(22)19-16(10-11-17(20)21)12-15-8-6-5-7-9-15/h5-9,13-14,16H,4,10-12H2,1-3H3,(H,19,22)(H,20,21). The van der Waals surface area contributed by atoms with E-state index in [0.29, 0.717) is 18.8 Å². The molecule has 1 amide bonds. The van der Waals surface area contributed by atoms with Crippen LogP contribution in [-0.4, -0.2) is 23.0 Å². The number of benzene rings is 1. The molecule has 0 radical (unpaired) electrons. The van der Waals surface area contributed by atoms with Gasteiger partial charge in [-0.2, -0.15) is 0 Å². The summed E-state index contributed by atoms with van der Waals surface area (Å²) in [5, 5.41) is 11.9. The number of carbonyl (C=O) groups is 2. The summed E-state index contributed by atoms with van der Waals surface area (Å²) in [4.78, 5) is 23.1. The number of aliphatic carboxylic acids is 1. The molecule has 3 unspecified atom stereocenters. The minimum Gasteiger partial charge on any atom is -0.481 e. The van der Waals surface area contributed by atoms with Gasteiger partial charge < -0.3 is 10.4 Å². The maximum Gasteiger partial charge on any atom is 0.303 e. The Morgan fingerprint density at radius 2 is 1.82 bits per heavy atom. The van der Waals surface area contributed by atoms with E-state index in [1.54, 1.807) is 0 Å². The zero-order chi connectivity index (χ0) is 16.5. The first-order valence-corrected chi connectivity index (χ1v) is 8.00. The highest BCUT2D eigenvalue weighted by Gasteiger charge is 2.22. The second kappa shape index (κ2) is 9.23. The van der Waals surface area contributed by atoms with E-state index in [1.807, 2.05) is 37.3 Å². The average molecular weight is 305 g/mol. The van der Waals surface area contributed by atoms with Crippen LogP contribution in [0, 0.1) is 11.8 Å². The van der Waals surface area contributed by atoms with E-state index in [4.69, 9.17) is 5.11 Å². The summed E-state index contributed by atoms with van der Waals surface area (Å²) < 4.78 is 0. The summed E-state index contributed by atoms with van der Waals surface area (Å²) in [6.07, 6.45) is 2.12. The third-order valence-electron chi connectivity index (χ3n) is 4.29. The summed E-state index contributed by atoms with van der Waals surface area (Å²) in [5.41, 5.74) is 1.11. The van der Waals surface area contributed by atoms with Crippen molar-refractivity contribution in [1.82, 2.24) is 5.32 Å². The van der Waals surface area contributed by atoms with Gasteiger partial charge in [-0.05, 0) is 24.3 Å². The quantitative estimate of drug-likeness (QED) is 0.736. The maximum atomic E-state index is 12.3. The van der Waals surface area contributed by atoms with Gasteiger partial charge in [0.25, 0.3) is 0 Å². The maximum absolute atomic E-state index is 12.3. The van der Waals surface area contributed by atoms with E-state index in [0.717, 1.165) is 12.0 Å². The van der Waals surface area contributed by atoms with E-state index in [-0.39, 0.29) is 24.3 Å². The van der Waals surface area contributed by atoms with Crippen molar-refractivity contribution in [2.75, 3.05) is 0 Å². The normalized spacial score (nSPS) is 14.9. The molecule has 0 saturated heterocycles. The molecule has 0 aliphatic heterocycles. The average Bonchev–Trinajstić information content (AvgIpc) is 2.51. The fraction of sp³-hybridized carbons (Fsp3) is 0.556. The molecule has 0 aromatic heterocycles. The van der Waals surface area contributed by atoms with Gasteiger partial charge in [-0.1, -0.05) is 57.5 Å². The molecule has 3 atom stereocenters. The Bertz CT molecular complexity index is 472. The lowest BCUT2D eigenvalue weighted by molar-refractivity contribution is -0.137. The predicted molar refractivity (Wildman–Crippen MR) is 87.6 cm³/mol. The minimum atomic E-state index is -0.831. The highest BCUT2D eigenvalue weighted by Crippen LogP contribution is 2.16. The fourth-order valence-corrected chi connectivity index (χ4v) is 2.37. The summed E-state index contributed by atoms with van der Waals surface area (Å²) in [6, 6.07) is 9.70. The molecule has 0 fully saturated rings. The van der Waals surface area contributed by atoms with E-state index in [9.17, 15) is 9.59 Å². The van der Waals surface area contributed by atoms with Crippen LogP contribution in [0.4, 0.5) is 0 Å². The first-order valence-electron chi connectivity index (χ1n) is 8.00. The molecule has 0 aliphatic rings. The lowest BCUT2D eigenvalue weighted by Crippen LogP contribution is -2.41. The highest BCUT2D eigenvalue weighted by molar-refractivity contribution is 5.79. The van der Waals surface area contributed by atoms with E-state index in [1.165, 1.54) is 0 Å². The highest BCUT2D eigenvalue weighted by atomic mass is 16.4. The lowest BCUT2D eigenvalue weighted by atomic mass is 9.92. The molecule has 1 aromatic carbocycles. The largest absolute Gasteiger partial charge is 0.481 e. The molecule has 0 aliphatic carbocycles. The van der Waals surface area contributed by atoms with E-state index >= 15 is 0 Å². The van der Waals surface area contributed by atoms with Gasteiger partial charge in [-0.15, -0.1) is 0 Å². The van der Waals surface area contributed by atoms with Crippen LogP contribution in [0.25, 0.3) is 0 Å². The summed E-state index contributed by atoms with van der Waals surface area (Å²) in [5.74, 6) is -0.562. The molecule has 1 rings (SSSR count). The van der Waals surface area contributed by atoms with Gasteiger partial charge in [0, 0.05) is 18.4 Å². The first-order chi connectivity index (χ1) is 10.4. The monoisotopic (exact) mass is 305 g/mol. The number of hydrogen-bond donors (Lipinski definition) is 2. The van der Waals surface area contributed by atoms with Gasteiger partial charge in [-0.3, -0.25) is 9.59 Å². The van der Waals surface area contributed by atoms with Gasteiger partial charge >= 0.3 is 5.97 Å². The van der Waals surface area contributed by atoms with Crippen LogP contribution in [-0.2, 0) is 16.0 Å². The van der Waals surface area contributed by atoms with Crippen LogP contribution in [0.15, 0.2) is 30.3 Å². The van der Waals surface area contributed by atoms with Crippen molar-refractivity contribution in [3.05, 3.63) is 35.9 Å². The number of carbonyl (C=O) groups excluding carboxylic acids is 1. The van der Waals surface area contributed by atoms with Crippen LogP contribution in [0.3, 0.4) is 0 Å². The molecule has 4 nitrogen and oxygen atoms in total. The molecular weight excluding hydrogens is 278 g/mol. The van der Waals surface area contributed by atoms with Crippen molar-refractivity contribution < 1.29 is 14.7 Å². The van der Waals surface area contributed by atoms with Crippen molar-refractivity contribution in [2.24, 2.45) is 11.8 Å². The number of carboxylic acids is 1. The number of nitrogens with one attached hydrogen (secondary N) is 1. The van der Waals surface area contributed by atoms with Crippen molar-refractivity contribution in [3.63, 3.8) is 0 Å². The van der Waals surface area contributed by atoms with Crippen molar-refractivity contribution in [1.29, 1.82) is 0 Å². The van der Waals surface area contributed by atoms with Crippen molar-refractivity contribution in [2.45, 2.75) is 52.5 Å².